The number of carbonyl (C=O) groups excluding carboxylic acids is 4. The molecule has 0 spiro atoms. The van der Waals surface area contributed by atoms with Crippen LogP contribution in [0.1, 0.15) is 37.8 Å². The zero-order valence-electron chi connectivity index (χ0n) is 19.2. The van der Waals surface area contributed by atoms with E-state index in [1.807, 2.05) is 0 Å². The van der Waals surface area contributed by atoms with Crippen LogP contribution in [0.25, 0.3) is 0 Å². The summed E-state index contributed by atoms with van der Waals surface area (Å²) in [5.74, 6) is -4.42. The average molecular weight is 499 g/mol. The molecule has 0 radical (unpaired) electrons. The fraction of sp³-hybridized carbons (Fsp3) is 0.600. The van der Waals surface area contributed by atoms with Gasteiger partial charge in [0.15, 0.2) is 0 Å². The number of nitrogens with zero attached hydrogens (tertiary/aromatic N) is 1. The van der Waals surface area contributed by atoms with E-state index in [9.17, 15) is 29.1 Å². The maximum Gasteiger partial charge on any atom is 0.326 e. The first-order valence-electron chi connectivity index (χ1n) is 11.0. The minimum atomic E-state index is -1.42. The largest absolute Gasteiger partial charge is 0.480 e. The smallest absolute Gasteiger partial charge is 0.326 e. The van der Waals surface area contributed by atoms with Crippen molar-refractivity contribution in [2.24, 2.45) is 17.2 Å². The molecule has 0 aliphatic heterocycles. The van der Waals surface area contributed by atoms with Gasteiger partial charge in [-0.05, 0) is 32.2 Å². The van der Waals surface area contributed by atoms with Gasteiger partial charge >= 0.3 is 5.97 Å². The second kappa shape index (κ2) is 15.4. The molecule has 0 fully saturated rings. The number of aliphatic carboxylic acids is 1. The molecule has 12 N–H and O–H groups in total. The van der Waals surface area contributed by atoms with Crippen LogP contribution in [0.5, 0.6) is 0 Å². The van der Waals surface area contributed by atoms with Crippen molar-refractivity contribution < 1.29 is 34.2 Å². The molecule has 196 valence electrons. The molecular formula is C20H34N8O7. The van der Waals surface area contributed by atoms with Gasteiger partial charge < -0.3 is 48.3 Å². The van der Waals surface area contributed by atoms with Crippen molar-refractivity contribution >= 4 is 29.6 Å². The van der Waals surface area contributed by atoms with Gasteiger partial charge in [0, 0.05) is 24.7 Å². The number of nitrogens with two attached hydrogens (primary N) is 3. The van der Waals surface area contributed by atoms with Crippen molar-refractivity contribution in [2.45, 2.75) is 62.7 Å². The van der Waals surface area contributed by atoms with E-state index in [4.69, 9.17) is 22.3 Å². The molecule has 4 unspecified atom stereocenters. The maximum absolute atomic E-state index is 13.0. The van der Waals surface area contributed by atoms with Crippen LogP contribution in [0, 0.1) is 0 Å². The van der Waals surface area contributed by atoms with E-state index in [1.165, 1.54) is 12.5 Å². The number of hydrogen-bond acceptors (Lipinski definition) is 9. The third-order valence-corrected chi connectivity index (χ3v) is 5.02. The number of carbonyl (C=O) groups is 5. The lowest BCUT2D eigenvalue weighted by atomic mass is 10.0. The lowest BCUT2D eigenvalue weighted by molar-refractivity contribution is -0.142. The third kappa shape index (κ3) is 10.9. The second-order valence-electron chi connectivity index (χ2n) is 7.88. The van der Waals surface area contributed by atoms with Gasteiger partial charge in [0.2, 0.25) is 23.6 Å². The van der Waals surface area contributed by atoms with Crippen LogP contribution in [0.2, 0.25) is 0 Å². The quantitative estimate of drug-likeness (QED) is 0.0945. The molecule has 1 aromatic rings. The summed E-state index contributed by atoms with van der Waals surface area (Å²) in [4.78, 5) is 67.3. The van der Waals surface area contributed by atoms with Gasteiger partial charge in [-0.2, -0.15) is 0 Å². The van der Waals surface area contributed by atoms with E-state index < -0.39 is 60.4 Å². The third-order valence-electron chi connectivity index (χ3n) is 5.02. The Labute approximate surface area is 201 Å². The first-order valence-corrected chi connectivity index (χ1v) is 11.0. The predicted molar refractivity (Wildman–Crippen MR) is 122 cm³/mol. The van der Waals surface area contributed by atoms with E-state index in [0.717, 1.165) is 0 Å². The molecule has 15 nitrogen and oxygen atoms in total. The van der Waals surface area contributed by atoms with Crippen LogP contribution < -0.4 is 33.2 Å². The topological polar surface area (TPSA) is 269 Å². The number of carboxylic acid groups (broad SMARTS) is 1. The molecule has 0 saturated heterocycles. The van der Waals surface area contributed by atoms with Gasteiger partial charge in [-0.1, -0.05) is 0 Å². The van der Waals surface area contributed by atoms with Gasteiger partial charge in [0.05, 0.1) is 12.9 Å². The Bertz CT molecular complexity index is 849. The summed E-state index contributed by atoms with van der Waals surface area (Å²) < 4.78 is 0. The molecular weight excluding hydrogens is 464 g/mol. The number of hydrogen-bond donors (Lipinski definition) is 9. The molecule has 4 amide bonds. The molecule has 15 heteroatoms. The van der Waals surface area contributed by atoms with E-state index in [2.05, 4.69) is 25.9 Å². The highest BCUT2D eigenvalue weighted by Crippen LogP contribution is 2.06. The molecule has 0 aliphatic rings. The van der Waals surface area contributed by atoms with Crippen molar-refractivity contribution in [3.05, 3.63) is 18.2 Å². The van der Waals surface area contributed by atoms with Gasteiger partial charge in [0.1, 0.15) is 24.2 Å². The average Bonchev–Trinajstić information content (AvgIpc) is 3.32. The number of rotatable bonds is 17. The minimum Gasteiger partial charge on any atom is -0.480 e. The summed E-state index contributed by atoms with van der Waals surface area (Å²) in [5, 5.41) is 25.7. The summed E-state index contributed by atoms with van der Waals surface area (Å²) in [5.41, 5.74) is 16.5. The summed E-state index contributed by atoms with van der Waals surface area (Å²) in [6, 6.07) is -5.00. The van der Waals surface area contributed by atoms with E-state index >= 15 is 0 Å². The Morgan fingerprint density at radius 3 is 2.14 bits per heavy atom. The maximum atomic E-state index is 13.0. The summed E-state index contributed by atoms with van der Waals surface area (Å²) in [6.45, 7) is -0.263. The van der Waals surface area contributed by atoms with E-state index in [1.54, 1.807) is 0 Å². The normalized spacial score (nSPS) is 14.3. The number of aromatic nitrogens is 2. The fourth-order valence-electron chi connectivity index (χ4n) is 3.04. The number of unbranched alkanes of at least 4 members (excludes halogenated alkanes) is 1. The molecule has 1 rings (SSSR count). The predicted octanol–water partition coefficient (Wildman–Crippen LogP) is -3.79. The van der Waals surface area contributed by atoms with Gasteiger partial charge in [-0.15, -0.1) is 0 Å². The molecule has 0 bridgehead atoms. The number of aliphatic hydroxyl groups is 1. The lowest BCUT2D eigenvalue weighted by Crippen LogP contribution is -2.58. The van der Waals surface area contributed by atoms with Crippen molar-refractivity contribution in [3.63, 3.8) is 0 Å². The Kier molecular flexibility index (Phi) is 12.9. The standard InChI is InChI=1S/C20H34N8O7/c21-6-2-1-3-13(26-17(31)12(22)9-29)18(32)28-15(7-11-8-24-10-25-11)19(33)27-14(20(34)35)4-5-16(23)30/h8,10,12-15,29H,1-7,9,21-22H2,(H2,23,30)(H,24,25)(H,26,31)(H,27,33)(H,28,32)(H,34,35). The number of aliphatic hydroxyl groups excluding tert-OH is 1. The monoisotopic (exact) mass is 498 g/mol. The second-order valence-corrected chi connectivity index (χ2v) is 7.88. The fourth-order valence-corrected chi connectivity index (χ4v) is 3.04. The minimum absolute atomic E-state index is 0.0701. The highest BCUT2D eigenvalue weighted by atomic mass is 16.4. The van der Waals surface area contributed by atoms with Crippen molar-refractivity contribution in [1.82, 2.24) is 25.9 Å². The van der Waals surface area contributed by atoms with E-state index in [0.29, 0.717) is 25.1 Å². The number of amides is 4. The Hall–Kier alpha value is -3.56. The first kappa shape index (κ1) is 29.5. The first-order chi connectivity index (χ1) is 16.6. The van der Waals surface area contributed by atoms with Gasteiger partial charge in [-0.3, -0.25) is 19.2 Å². The van der Waals surface area contributed by atoms with Crippen LogP contribution in [0.15, 0.2) is 12.5 Å². The number of primary amides is 1. The van der Waals surface area contributed by atoms with Crippen LogP contribution in [-0.4, -0.2) is 87.1 Å². The molecule has 0 aromatic carbocycles. The molecule has 35 heavy (non-hydrogen) atoms. The molecule has 0 aliphatic carbocycles. The Morgan fingerprint density at radius 1 is 0.971 bits per heavy atom. The van der Waals surface area contributed by atoms with Crippen molar-refractivity contribution in [3.8, 4) is 0 Å². The van der Waals surface area contributed by atoms with Crippen LogP contribution in [0.4, 0.5) is 0 Å². The van der Waals surface area contributed by atoms with Crippen LogP contribution in [0.3, 0.4) is 0 Å². The molecule has 4 atom stereocenters. The Balaban J connectivity index is 3.04. The Morgan fingerprint density at radius 2 is 1.60 bits per heavy atom. The van der Waals surface area contributed by atoms with Gasteiger partial charge in [-0.25, -0.2) is 9.78 Å². The lowest BCUT2D eigenvalue weighted by Gasteiger charge is -2.25. The number of nitrogens with one attached hydrogen (secondary N) is 4. The van der Waals surface area contributed by atoms with Crippen molar-refractivity contribution in [1.29, 1.82) is 0 Å². The number of carboxylic acids is 1. The molecule has 0 saturated carbocycles. The SMILES string of the molecule is NCCCCC(NC(=O)C(N)CO)C(=O)NC(Cc1cnc[nH]1)C(=O)NC(CCC(N)=O)C(=O)O. The molecule has 1 aromatic heterocycles. The molecule has 1 heterocycles. The van der Waals surface area contributed by atoms with E-state index in [-0.39, 0.29) is 25.7 Å². The highest BCUT2D eigenvalue weighted by molar-refractivity contribution is 5.94. The van der Waals surface area contributed by atoms with Crippen LogP contribution in [-0.2, 0) is 30.4 Å². The zero-order chi connectivity index (χ0) is 26.4. The summed E-state index contributed by atoms with van der Waals surface area (Å²) in [6.07, 6.45) is 3.45. The zero-order valence-corrected chi connectivity index (χ0v) is 19.2. The number of aromatic amines is 1. The van der Waals surface area contributed by atoms with Crippen molar-refractivity contribution in [2.75, 3.05) is 13.2 Å². The number of imidazole rings is 1. The number of H-pyrrole nitrogens is 1. The summed E-state index contributed by atoms with van der Waals surface area (Å²) in [7, 11) is 0. The van der Waals surface area contributed by atoms with Gasteiger partial charge in [0.25, 0.3) is 0 Å². The highest BCUT2D eigenvalue weighted by Gasteiger charge is 2.30. The van der Waals surface area contributed by atoms with Crippen LogP contribution >= 0.6 is 0 Å². The summed E-state index contributed by atoms with van der Waals surface area (Å²) >= 11 is 0.